The normalized spacial score (nSPS) is 12.7. The molecule has 0 fully saturated rings. The lowest BCUT2D eigenvalue weighted by atomic mass is 9.97. The highest BCUT2D eigenvalue weighted by Crippen LogP contribution is 2.27. The summed E-state index contributed by atoms with van der Waals surface area (Å²) in [5, 5.41) is 10.8. The second-order valence-corrected chi connectivity index (χ2v) is 9.13. The number of hydrogen-bond acceptors (Lipinski definition) is 6. The molecule has 0 atom stereocenters. The van der Waals surface area contributed by atoms with E-state index < -0.39 is 11.0 Å². The van der Waals surface area contributed by atoms with E-state index in [0.29, 0.717) is 35.6 Å². The average Bonchev–Trinajstić information content (AvgIpc) is 2.95. The number of rotatable bonds is 6. The zero-order valence-corrected chi connectivity index (χ0v) is 20.8. The number of hydrogen-bond donors (Lipinski definition) is 0. The van der Waals surface area contributed by atoms with Crippen LogP contribution in [0.3, 0.4) is 0 Å². The van der Waals surface area contributed by atoms with Gasteiger partial charge >= 0.3 is 6.09 Å². The predicted octanol–water partition coefficient (Wildman–Crippen LogP) is 4.79. The van der Waals surface area contributed by atoms with Crippen molar-refractivity contribution in [3.8, 4) is 0 Å². The van der Waals surface area contributed by atoms with Gasteiger partial charge in [-0.3, -0.25) is 19.5 Å². The largest absolute Gasteiger partial charge is 0.445 e. The Balaban J connectivity index is 1.41. The fraction of sp³-hybridized carbons (Fsp3) is 0.207. The zero-order chi connectivity index (χ0) is 26.6. The number of nitro groups is 1. The summed E-state index contributed by atoms with van der Waals surface area (Å²) < 4.78 is 7.15. The van der Waals surface area contributed by atoms with Gasteiger partial charge in [-0.2, -0.15) is 0 Å². The fourth-order valence-electron chi connectivity index (χ4n) is 4.78. The number of fused-ring (bicyclic) bond motifs is 1. The van der Waals surface area contributed by atoms with Crippen molar-refractivity contribution >= 4 is 11.8 Å². The van der Waals surface area contributed by atoms with Crippen molar-refractivity contribution in [3.05, 3.63) is 139 Å². The quantitative estimate of drug-likeness (QED) is 0.273. The molecular formula is C29H26N4O5. The van der Waals surface area contributed by atoms with E-state index in [-0.39, 0.29) is 30.4 Å². The number of non-ortho nitro benzene ring substituents is 1. The Morgan fingerprint density at radius 1 is 1.00 bits per heavy atom. The summed E-state index contributed by atoms with van der Waals surface area (Å²) in [6.07, 6.45) is -0.108. The van der Waals surface area contributed by atoms with E-state index in [1.165, 1.54) is 17.0 Å². The van der Waals surface area contributed by atoms with Crippen LogP contribution in [0.25, 0.3) is 0 Å². The minimum Gasteiger partial charge on any atom is -0.445 e. The molecule has 2 heterocycles. The first-order valence-electron chi connectivity index (χ1n) is 12.3. The van der Waals surface area contributed by atoms with Gasteiger partial charge in [0.1, 0.15) is 12.4 Å². The van der Waals surface area contributed by atoms with E-state index in [9.17, 15) is 19.7 Å². The zero-order valence-electron chi connectivity index (χ0n) is 20.8. The molecule has 5 rings (SSSR count). The molecule has 38 heavy (non-hydrogen) atoms. The van der Waals surface area contributed by atoms with E-state index in [0.717, 1.165) is 11.1 Å². The third-order valence-corrected chi connectivity index (χ3v) is 6.69. The van der Waals surface area contributed by atoms with E-state index >= 15 is 0 Å². The van der Waals surface area contributed by atoms with Gasteiger partial charge in [0.25, 0.3) is 11.2 Å². The molecule has 1 aliphatic rings. The van der Waals surface area contributed by atoms with Crippen LogP contribution in [0.4, 0.5) is 10.5 Å². The van der Waals surface area contributed by atoms with Crippen LogP contribution in [0.1, 0.15) is 39.8 Å². The van der Waals surface area contributed by atoms with Gasteiger partial charge in [0.2, 0.25) is 0 Å². The molecule has 0 aliphatic carbocycles. The molecule has 9 heteroatoms. The Hall–Kier alpha value is -4.79. The van der Waals surface area contributed by atoms with Crippen LogP contribution >= 0.6 is 0 Å². The topological polar surface area (TPSA) is 108 Å². The van der Waals surface area contributed by atoms with Gasteiger partial charge in [-0.1, -0.05) is 60.7 Å². The highest BCUT2D eigenvalue weighted by molar-refractivity contribution is 5.68. The summed E-state index contributed by atoms with van der Waals surface area (Å²) in [5.41, 5.74) is 3.51. The second kappa shape index (κ2) is 10.7. The first kappa shape index (κ1) is 24.9. The number of carbonyl (C=O) groups is 1. The number of nitro benzene ring substituents is 1. The Morgan fingerprint density at radius 3 is 2.18 bits per heavy atom. The molecule has 0 radical (unpaired) electrons. The van der Waals surface area contributed by atoms with Crippen molar-refractivity contribution in [3.63, 3.8) is 0 Å². The highest BCUT2D eigenvalue weighted by Gasteiger charge is 2.29. The van der Waals surface area contributed by atoms with Crippen molar-refractivity contribution in [2.75, 3.05) is 6.54 Å². The molecule has 3 aromatic carbocycles. The summed E-state index contributed by atoms with van der Waals surface area (Å²) in [4.78, 5) is 43.5. The molecular weight excluding hydrogens is 484 g/mol. The van der Waals surface area contributed by atoms with Gasteiger partial charge < -0.3 is 9.64 Å². The van der Waals surface area contributed by atoms with Gasteiger partial charge in [-0.15, -0.1) is 0 Å². The minimum absolute atomic E-state index is 0.0271. The summed E-state index contributed by atoms with van der Waals surface area (Å²) in [6.45, 7) is 2.28. The van der Waals surface area contributed by atoms with E-state index in [2.05, 4.69) is 0 Å². The van der Waals surface area contributed by atoms with Gasteiger partial charge in [0, 0.05) is 25.1 Å². The minimum atomic E-state index is -0.553. The van der Waals surface area contributed by atoms with Crippen molar-refractivity contribution in [2.24, 2.45) is 0 Å². The third kappa shape index (κ3) is 5.04. The smallest absolute Gasteiger partial charge is 0.410 e. The van der Waals surface area contributed by atoms with Gasteiger partial charge in [0.05, 0.1) is 28.8 Å². The molecule has 192 valence electrons. The van der Waals surface area contributed by atoms with Crippen molar-refractivity contribution in [1.82, 2.24) is 14.5 Å². The van der Waals surface area contributed by atoms with E-state index in [4.69, 9.17) is 9.72 Å². The van der Waals surface area contributed by atoms with E-state index in [1.54, 1.807) is 16.7 Å². The maximum absolute atomic E-state index is 13.9. The Bertz CT molecular complexity index is 1480. The summed E-state index contributed by atoms with van der Waals surface area (Å²) in [7, 11) is 0. The first-order chi connectivity index (χ1) is 18.4. The standard InChI is InChI=1S/C29H26N4O5/c1-20-30-26-16-17-31(29(35)38-19-21-12-14-24(15-13-21)33(36)37)18-25(26)28(34)32(20)27(22-8-4-2-5-9-22)23-10-6-3-7-11-23/h2-15,27H,16-19H2,1H3. The van der Waals surface area contributed by atoms with Crippen molar-refractivity contribution in [2.45, 2.75) is 32.5 Å². The number of benzene rings is 3. The first-order valence-corrected chi connectivity index (χ1v) is 12.3. The lowest BCUT2D eigenvalue weighted by Gasteiger charge is -2.30. The number of ether oxygens (including phenoxy) is 1. The Morgan fingerprint density at radius 2 is 1.61 bits per heavy atom. The maximum Gasteiger partial charge on any atom is 0.410 e. The molecule has 0 unspecified atom stereocenters. The second-order valence-electron chi connectivity index (χ2n) is 9.13. The van der Waals surface area contributed by atoms with Crippen LogP contribution < -0.4 is 5.56 Å². The average molecular weight is 511 g/mol. The Labute approximate surface area is 219 Å². The van der Waals surface area contributed by atoms with Crippen LogP contribution in [0.5, 0.6) is 0 Å². The molecule has 0 saturated heterocycles. The van der Waals surface area contributed by atoms with Gasteiger partial charge in [0.15, 0.2) is 0 Å². The summed E-state index contributed by atoms with van der Waals surface area (Å²) >= 11 is 0. The van der Waals surface area contributed by atoms with Crippen molar-refractivity contribution < 1.29 is 14.5 Å². The van der Waals surface area contributed by atoms with Crippen LogP contribution in [0.15, 0.2) is 89.7 Å². The number of aromatic nitrogens is 2. The number of amides is 1. The Kier molecular flexibility index (Phi) is 6.99. The number of nitrogens with zero attached hydrogens (tertiary/aromatic N) is 4. The summed E-state index contributed by atoms with van der Waals surface area (Å²) in [5.74, 6) is 0.612. The SMILES string of the molecule is Cc1nc2c(c(=O)n1C(c1ccccc1)c1ccccc1)CN(C(=O)OCc1ccc([N+](=O)[O-])cc1)CC2. The molecule has 0 spiro atoms. The molecule has 0 saturated carbocycles. The molecule has 1 amide bonds. The third-order valence-electron chi connectivity index (χ3n) is 6.69. The van der Waals surface area contributed by atoms with E-state index in [1.807, 2.05) is 67.6 Å². The maximum atomic E-state index is 13.9. The molecule has 0 bridgehead atoms. The fourth-order valence-corrected chi connectivity index (χ4v) is 4.78. The number of aryl methyl sites for hydroxylation is 1. The lowest BCUT2D eigenvalue weighted by Crippen LogP contribution is -2.42. The number of carbonyl (C=O) groups excluding carboxylic acids is 1. The predicted molar refractivity (Wildman–Crippen MR) is 141 cm³/mol. The molecule has 1 aliphatic heterocycles. The molecule has 1 aromatic heterocycles. The summed E-state index contributed by atoms with van der Waals surface area (Å²) in [6, 6.07) is 25.1. The van der Waals surface area contributed by atoms with Gasteiger partial charge in [-0.05, 0) is 35.7 Å². The van der Waals surface area contributed by atoms with Crippen molar-refractivity contribution in [1.29, 1.82) is 0 Å². The molecule has 0 N–H and O–H groups in total. The van der Waals surface area contributed by atoms with Crippen LogP contribution in [-0.2, 0) is 24.3 Å². The van der Waals surface area contributed by atoms with Gasteiger partial charge in [-0.25, -0.2) is 9.78 Å². The van der Waals surface area contributed by atoms with Crippen LogP contribution in [0, 0.1) is 17.0 Å². The highest BCUT2D eigenvalue weighted by atomic mass is 16.6. The lowest BCUT2D eigenvalue weighted by molar-refractivity contribution is -0.384. The van der Waals surface area contributed by atoms with Crippen LogP contribution in [0.2, 0.25) is 0 Å². The molecule has 9 nitrogen and oxygen atoms in total. The molecule has 4 aromatic rings. The monoisotopic (exact) mass is 510 g/mol. The van der Waals surface area contributed by atoms with Crippen LogP contribution in [-0.4, -0.2) is 32.0 Å².